The van der Waals surface area contributed by atoms with Crippen molar-refractivity contribution < 1.29 is 4.79 Å². The summed E-state index contributed by atoms with van der Waals surface area (Å²) >= 11 is 0. The first-order valence-electron chi connectivity index (χ1n) is 4.50. The molecule has 0 aromatic rings. The van der Waals surface area contributed by atoms with Crippen molar-refractivity contribution in [2.75, 3.05) is 0 Å². The number of carbonyl (C=O) groups excluding carboxylic acids is 1. The summed E-state index contributed by atoms with van der Waals surface area (Å²) in [6.45, 7) is 7.63. The van der Waals surface area contributed by atoms with Crippen molar-refractivity contribution in [1.29, 1.82) is 0 Å². The van der Waals surface area contributed by atoms with Gasteiger partial charge in [0, 0.05) is 6.42 Å². The molecule has 70 valence electrons. The molecule has 0 spiro atoms. The largest absolute Gasteiger partial charge is 0.321 e. The van der Waals surface area contributed by atoms with E-state index in [-0.39, 0.29) is 11.8 Å². The van der Waals surface area contributed by atoms with Crippen LogP contribution in [0.5, 0.6) is 0 Å². The van der Waals surface area contributed by atoms with Crippen LogP contribution in [0.25, 0.3) is 0 Å². The maximum atomic E-state index is 11.3. The predicted molar refractivity (Wildman–Crippen MR) is 51.9 cm³/mol. The molecule has 0 amide bonds. The van der Waals surface area contributed by atoms with E-state index in [1.165, 1.54) is 0 Å². The van der Waals surface area contributed by atoms with E-state index < -0.39 is 0 Å². The van der Waals surface area contributed by atoms with Gasteiger partial charge in [-0.05, 0) is 13.3 Å². The minimum Gasteiger partial charge on any atom is -0.321 e. The summed E-state index contributed by atoms with van der Waals surface area (Å²) in [4.78, 5) is 11.3. The van der Waals surface area contributed by atoms with Crippen molar-refractivity contribution >= 4 is 5.78 Å². The Labute approximate surface area is 74.8 Å². The van der Waals surface area contributed by atoms with E-state index in [4.69, 9.17) is 5.73 Å². The molecule has 2 nitrogen and oxygen atoms in total. The van der Waals surface area contributed by atoms with Crippen LogP contribution in [-0.4, -0.2) is 11.8 Å². The molecule has 12 heavy (non-hydrogen) atoms. The van der Waals surface area contributed by atoms with Gasteiger partial charge in [-0.15, -0.1) is 0 Å². The van der Waals surface area contributed by atoms with Crippen LogP contribution in [0, 0.1) is 0 Å². The maximum Gasteiger partial charge on any atom is 0.153 e. The highest BCUT2D eigenvalue weighted by Gasteiger charge is 2.11. The van der Waals surface area contributed by atoms with Crippen LogP contribution in [0.4, 0.5) is 0 Å². The molecule has 0 fully saturated rings. The van der Waals surface area contributed by atoms with E-state index in [9.17, 15) is 4.79 Å². The van der Waals surface area contributed by atoms with Gasteiger partial charge < -0.3 is 5.73 Å². The van der Waals surface area contributed by atoms with Crippen LogP contribution in [-0.2, 0) is 4.79 Å². The number of hydrogen-bond donors (Lipinski definition) is 1. The highest BCUT2D eigenvalue weighted by atomic mass is 16.1. The summed E-state index contributed by atoms with van der Waals surface area (Å²) in [7, 11) is 0. The molecule has 0 radical (unpaired) electrons. The molecule has 0 aromatic carbocycles. The van der Waals surface area contributed by atoms with Gasteiger partial charge in [0.15, 0.2) is 5.78 Å². The van der Waals surface area contributed by atoms with E-state index in [0.717, 1.165) is 24.8 Å². The summed E-state index contributed by atoms with van der Waals surface area (Å²) < 4.78 is 0. The quantitative estimate of drug-likeness (QED) is 0.618. The fourth-order valence-corrected chi connectivity index (χ4v) is 1.01. The SMILES string of the molecule is C=C(C)CC(=O)C(N)CCCC. The second-order valence-corrected chi connectivity index (χ2v) is 3.35. The second kappa shape index (κ2) is 5.95. The lowest BCUT2D eigenvalue weighted by atomic mass is 10.0. The Kier molecular flexibility index (Phi) is 5.64. The van der Waals surface area contributed by atoms with Crippen LogP contribution in [0.2, 0.25) is 0 Å². The van der Waals surface area contributed by atoms with Crippen molar-refractivity contribution in [2.45, 2.75) is 45.6 Å². The first-order chi connectivity index (χ1) is 5.57. The number of Topliss-reactive ketones (excluding diaryl/α,β-unsaturated/α-hetero) is 1. The van der Waals surface area contributed by atoms with Gasteiger partial charge in [-0.2, -0.15) is 0 Å². The standard InChI is InChI=1S/C10H19NO/c1-4-5-6-9(11)10(12)7-8(2)3/h9H,2,4-7,11H2,1,3H3. The molecule has 0 saturated heterocycles. The Morgan fingerprint density at radius 3 is 2.58 bits per heavy atom. The van der Waals surface area contributed by atoms with Gasteiger partial charge in [-0.1, -0.05) is 31.9 Å². The molecule has 0 bridgehead atoms. The molecule has 0 heterocycles. The Balaban J connectivity index is 3.69. The van der Waals surface area contributed by atoms with Gasteiger partial charge in [0.2, 0.25) is 0 Å². The molecule has 2 N–H and O–H groups in total. The molecule has 0 aliphatic heterocycles. The molecule has 0 saturated carbocycles. The van der Waals surface area contributed by atoms with Crippen LogP contribution < -0.4 is 5.73 Å². The van der Waals surface area contributed by atoms with Gasteiger partial charge >= 0.3 is 0 Å². The molecule has 0 aliphatic carbocycles. The van der Waals surface area contributed by atoms with Gasteiger partial charge in [0.25, 0.3) is 0 Å². The maximum absolute atomic E-state index is 11.3. The van der Waals surface area contributed by atoms with E-state index >= 15 is 0 Å². The molecule has 1 atom stereocenters. The molecular formula is C10H19NO. The van der Waals surface area contributed by atoms with E-state index in [0.29, 0.717) is 6.42 Å². The van der Waals surface area contributed by atoms with Crippen molar-refractivity contribution in [3.8, 4) is 0 Å². The Hall–Kier alpha value is -0.630. The fourth-order valence-electron chi connectivity index (χ4n) is 1.01. The zero-order valence-electron chi connectivity index (χ0n) is 8.10. The summed E-state index contributed by atoms with van der Waals surface area (Å²) in [5, 5.41) is 0. The Morgan fingerprint density at radius 1 is 1.58 bits per heavy atom. The summed E-state index contributed by atoms with van der Waals surface area (Å²) in [5.74, 6) is 0.121. The minimum absolute atomic E-state index is 0.121. The average molecular weight is 169 g/mol. The number of nitrogens with two attached hydrogens (primary N) is 1. The molecule has 0 aromatic heterocycles. The lowest BCUT2D eigenvalue weighted by Crippen LogP contribution is -2.30. The average Bonchev–Trinajstić information content (AvgIpc) is 1.98. The molecule has 0 aliphatic rings. The first-order valence-corrected chi connectivity index (χ1v) is 4.50. The van der Waals surface area contributed by atoms with Crippen molar-refractivity contribution in [2.24, 2.45) is 5.73 Å². The minimum atomic E-state index is -0.276. The number of ketones is 1. The lowest BCUT2D eigenvalue weighted by Gasteiger charge is -2.08. The Bertz CT molecular complexity index is 163. The summed E-state index contributed by atoms with van der Waals surface area (Å²) in [5.41, 5.74) is 6.56. The van der Waals surface area contributed by atoms with Gasteiger partial charge in [0.05, 0.1) is 6.04 Å². The lowest BCUT2D eigenvalue weighted by molar-refractivity contribution is -0.119. The van der Waals surface area contributed by atoms with Crippen molar-refractivity contribution in [3.05, 3.63) is 12.2 Å². The smallest absolute Gasteiger partial charge is 0.153 e. The van der Waals surface area contributed by atoms with Crippen LogP contribution in [0.1, 0.15) is 39.5 Å². The monoisotopic (exact) mass is 169 g/mol. The Morgan fingerprint density at radius 2 is 2.17 bits per heavy atom. The van der Waals surface area contributed by atoms with Crippen LogP contribution in [0.3, 0.4) is 0 Å². The van der Waals surface area contributed by atoms with E-state index in [1.54, 1.807) is 0 Å². The normalized spacial score (nSPS) is 12.6. The number of carbonyl (C=O) groups is 1. The number of unbranched alkanes of at least 4 members (excludes halogenated alkanes) is 1. The molecule has 0 rings (SSSR count). The third kappa shape index (κ3) is 5.08. The highest BCUT2D eigenvalue weighted by molar-refractivity contribution is 5.85. The third-order valence-corrected chi connectivity index (χ3v) is 1.76. The highest BCUT2D eigenvalue weighted by Crippen LogP contribution is 2.04. The number of rotatable bonds is 6. The number of hydrogen-bond acceptors (Lipinski definition) is 2. The van der Waals surface area contributed by atoms with Gasteiger partial charge in [0.1, 0.15) is 0 Å². The van der Waals surface area contributed by atoms with Gasteiger partial charge in [-0.3, -0.25) is 4.79 Å². The topological polar surface area (TPSA) is 43.1 Å². The summed E-state index contributed by atoms with van der Waals surface area (Å²) in [6, 6.07) is -0.276. The molecule has 1 unspecified atom stereocenters. The third-order valence-electron chi connectivity index (χ3n) is 1.76. The first kappa shape index (κ1) is 11.4. The fraction of sp³-hybridized carbons (Fsp3) is 0.700. The number of allylic oxidation sites excluding steroid dienone is 1. The van der Waals surface area contributed by atoms with Gasteiger partial charge in [-0.25, -0.2) is 0 Å². The van der Waals surface area contributed by atoms with Crippen LogP contribution in [0.15, 0.2) is 12.2 Å². The molecular weight excluding hydrogens is 150 g/mol. The predicted octanol–water partition coefficient (Wildman–Crippen LogP) is 2.04. The van der Waals surface area contributed by atoms with E-state index in [2.05, 4.69) is 13.5 Å². The van der Waals surface area contributed by atoms with Crippen molar-refractivity contribution in [1.82, 2.24) is 0 Å². The van der Waals surface area contributed by atoms with Crippen LogP contribution >= 0.6 is 0 Å². The van der Waals surface area contributed by atoms with E-state index in [1.807, 2.05) is 6.92 Å². The zero-order valence-corrected chi connectivity index (χ0v) is 8.10. The zero-order chi connectivity index (χ0) is 9.56. The second-order valence-electron chi connectivity index (χ2n) is 3.35. The summed E-state index contributed by atoms with van der Waals surface area (Å²) in [6.07, 6.45) is 3.37. The molecule has 2 heteroatoms. The van der Waals surface area contributed by atoms with Crippen molar-refractivity contribution in [3.63, 3.8) is 0 Å².